The maximum absolute atomic E-state index is 13.7. The van der Waals surface area contributed by atoms with Crippen LogP contribution in [0.5, 0.6) is 5.75 Å². The fourth-order valence-electron chi connectivity index (χ4n) is 3.15. The highest BCUT2D eigenvalue weighted by molar-refractivity contribution is 7.13. The Labute approximate surface area is 213 Å². The molecule has 0 unspecified atom stereocenters. The van der Waals surface area contributed by atoms with Crippen molar-refractivity contribution < 1.29 is 27.1 Å². The fraction of sp³-hybridized carbons (Fsp3) is 0.115. The van der Waals surface area contributed by atoms with Gasteiger partial charge in [0.2, 0.25) is 5.91 Å². The number of nitrogens with one attached hydrogen (secondary N) is 2. The van der Waals surface area contributed by atoms with Gasteiger partial charge < -0.3 is 10.1 Å². The lowest BCUT2D eigenvalue weighted by molar-refractivity contribution is -0.137. The maximum atomic E-state index is 13.7. The molecule has 0 saturated carbocycles. The molecule has 0 radical (unpaired) electrons. The average Bonchev–Trinajstić information content (AvgIpc) is 3.30. The lowest BCUT2D eigenvalue weighted by Crippen LogP contribution is -2.19. The van der Waals surface area contributed by atoms with Crippen molar-refractivity contribution in [3.8, 4) is 5.75 Å². The summed E-state index contributed by atoms with van der Waals surface area (Å²) in [6.07, 6.45) is -3.04. The Hall–Kier alpha value is -4.25. The van der Waals surface area contributed by atoms with Crippen LogP contribution >= 0.6 is 11.3 Å². The van der Waals surface area contributed by atoms with Gasteiger partial charge in [-0.05, 0) is 54.1 Å². The first-order chi connectivity index (χ1) is 17.8. The van der Waals surface area contributed by atoms with Crippen LogP contribution in [0, 0.1) is 5.82 Å². The van der Waals surface area contributed by atoms with Crippen LogP contribution in [0.3, 0.4) is 0 Å². The maximum Gasteiger partial charge on any atom is 0.416 e. The fourth-order valence-corrected chi connectivity index (χ4v) is 3.88. The number of amides is 1. The standard InChI is InChI=1S/C26H20F4N4O2S/c27-23-7-2-1-4-18(23)15-36-22-10-8-17(9-11-22)14-31-34-24(35)13-21-16-37-25(33-21)32-20-6-3-5-19(12-20)26(28,29)30/h1-12,14,16H,13,15H2,(H,32,33)(H,34,35)/b31-14-. The molecule has 0 aliphatic rings. The third-order valence-corrected chi connectivity index (χ3v) is 5.78. The number of rotatable bonds is 9. The average molecular weight is 529 g/mol. The van der Waals surface area contributed by atoms with E-state index in [9.17, 15) is 22.4 Å². The van der Waals surface area contributed by atoms with Gasteiger partial charge in [0.15, 0.2) is 5.13 Å². The van der Waals surface area contributed by atoms with Crippen LogP contribution in [0.4, 0.5) is 28.4 Å². The van der Waals surface area contributed by atoms with Crippen molar-refractivity contribution in [2.24, 2.45) is 5.10 Å². The van der Waals surface area contributed by atoms with Crippen molar-refractivity contribution >= 4 is 34.3 Å². The van der Waals surface area contributed by atoms with Crippen molar-refractivity contribution in [3.05, 3.63) is 106 Å². The number of anilines is 2. The van der Waals surface area contributed by atoms with E-state index in [1.54, 1.807) is 47.8 Å². The molecule has 0 bridgehead atoms. The summed E-state index contributed by atoms with van der Waals surface area (Å²) < 4.78 is 57.9. The minimum absolute atomic E-state index is 0.0546. The second kappa shape index (κ2) is 11.7. The van der Waals surface area contributed by atoms with E-state index in [2.05, 4.69) is 20.8 Å². The zero-order chi connectivity index (χ0) is 26.3. The number of halogens is 4. The number of nitrogens with zero attached hydrogens (tertiary/aromatic N) is 2. The SMILES string of the molecule is O=C(Cc1csc(Nc2cccc(C(F)(F)F)c2)n1)N/N=C\c1ccc(OCc2ccccc2F)cc1. The summed E-state index contributed by atoms with van der Waals surface area (Å²) in [5, 5.41) is 8.74. The van der Waals surface area contributed by atoms with Gasteiger partial charge >= 0.3 is 6.18 Å². The Balaban J connectivity index is 1.24. The molecule has 1 heterocycles. The van der Waals surface area contributed by atoms with Crippen molar-refractivity contribution in [1.29, 1.82) is 0 Å². The zero-order valence-electron chi connectivity index (χ0n) is 19.1. The van der Waals surface area contributed by atoms with Crippen LogP contribution in [0.2, 0.25) is 0 Å². The lowest BCUT2D eigenvalue weighted by atomic mass is 10.2. The quantitative estimate of drug-likeness (QED) is 0.152. The number of alkyl halides is 3. The smallest absolute Gasteiger partial charge is 0.416 e. The highest BCUT2D eigenvalue weighted by Gasteiger charge is 2.30. The molecule has 0 spiro atoms. The van der Waals surface area contributed by atoms with Crippen molar-refractivity contribution in [3.63, 3.8) is 0 Å². The molecule has 0 aliphatic carbocycles. The van der Waals surface area contributed by atoms with Crippen LogP contribution in [0.15, 0.2) is 83.3 Å². The number of aromatic nitrogens is 1. The zero-order valence-corrected chi connectivity index (χ0v) is 19.9. The van der Waals surface area contributed by atoms with Gasteiger partial charge in [-0.2, -0.15) is 18.3 Å². The molecule has 11 heteroatoms. The number of thiazole rings is 1. The topological polar surface area (TPSA) is 75.6 Å². The van der Waals surface area contributed by atoms with Gasteiger partial charge in [0, 0.05) is 16.6 Å². The van der Waals surface area contributed by atoms with E-state index in [4.69, 9.17) is 4.74 Å². The van der Waals surface area contributed by atoms with Crippen molar-refractivity contribution in [2.75, 3.05) is 5.32 Å². The van der Waals surface area contributed by atoms with Gasteiger partial charge in [-0.15, -0.1) is 11.3 Å². The molecule has 0 fully saturated rings. The lowest BCUT2D eigenvalue weighted by Gasteiger charge is -2.08. The van der Waals surface area contributed by atoms with Crippen molar-refractivity contribution in [1.82, 2.24) is 10.4 Å². The van der Waals surface area contributed by atoms with E-state index in [0.29, 0.717) is 27.7 Å². The molecule has 6 nitrogen and oxygen atoms in total. The predicted octanol–water partition coefficient (Wildman–Crippen LogP) is 6.32. The van der Waals surface area contributed by atoms with Gasteiger partial charge in [0.25, 0.3) is 0 Å². The van der Waals surface area contributed by atoms with Gasteiger partial charge in [-0.3, -0.25) is 4.79 Å². The van der Waals surface area contributed by atoms with Crippen LogP contribution in [-0.2, 0) is 24.0 Å². The summed E-state index contributed by atoms with van der Waals surface area (Å²) in [5.74, 6) is -0.178. The molecule has 2 N–H and O–H groups in total. The van der Waals surface area contributed by atoms with Crippen LogP contribution in [0.25, 0.3) is 0 Å². The first-order valence-electron chi connectivity index (χ1n) is 10.9. The molecule has 0 aliphatic heterocycles. The molecule has 1 aromatic heterocycles. The second-order valence-corrected chi connectivity index (χ2v) is 8.62. The molecule has 1 amide bonds. The van der Waals surface area contributed by atoms with Gasteiger partial charge in [0.05, 0.1) is 23.9 Å². The van der Waals surface area contributed by atoms with Crippen LogP contribution < -0.4 is 15.5 Å². The molecule has 3 aromatic carbocycles. The summed E-state index contributed by atoms with van der Waals surface area (Å²) in [7, 11) is 0. The third-order valence-electron chi connectivity index (χ3n) is 4.97. The van der Waals surface area contributed by atoms with Gasteiger partial charge in [0.1, 0.15) is 18.2 Å². The van der Waals surface area contributed by atoms with E-state index in [1.165, 1.54) is 35.8 Å². The van der Waals surface area contributed by atoms with Crippen LogP contribution in [0.1, 0.15) is 22.4 Å². The van der Waals surface area contributed by atoms with E-state index in [0.717, 1.165) is 12.1 Å². The number of benzene rings is 3. The molecule has 0 atom stereocenters. The number of hydrazone groups is 1. The highest BCUT2D eigenvalue weighted by Crippen LogP contribution is 2.31. The molecule has 0 saturated heterocycles. The second-order valence-electron chi connectivity index (χ2n) is 7.77. The highest BCUT2D eigenvalue weighted by atomic mass is 32.1. The minimum atomic E-state index is -4.44. The summed E-state index contributed by atoms with van der Waals surface area (Å²) in [6, 6.07) is 18.0. The summed E-state index contributed by atoms with van der Waals surface area (Å²) >= 11 is 1.17. The van der Waals surface area contributed by atoms with E-state index >= 15 is 0 Å². The third kappa shape index (κ3) is 7.61. The van der Waals surface area contributed by atoms with Crippen molar-refractivity contribution in [2.45, 2.75) is 19.2 Å². The summed E-state index contributed by atoms with van der Waals surface area (Å²) in [5.41, 5.74) is 3.49. The Morgan fingerprint density at radius 3 is 2.59 bits per heavy atom. The number of hydrogen-bond acceptors (Lipinski definition) is 6. The van der Waals surface area contributed by atoms with E-state index in [-0.39, 0.29) is 24.5 Å². The molecular weight excluding hydrogens is 508 g/mol. The molecule has 4 aromatic rings. The van der Waals surface area contributed by atoms with Gasteiger partial charge in [-0.1, -0.05) is 24.3 Å². The molecule has 190 valence electrons. The molecule has 37 heavy (non-hydrogen) atoms. The van der Waals surface area contributed by atoms with Gasteiger partial charge in [-0.25, -0.2) is 14.8 Å². The Bertz CT molecular complexity index is 1390. The summed E-state index contributed by atoms with van der Waals surface area (Å²) in [4.78, 5) is 16.4. The first kappa shape index (κ1) is 25.8. The van der Waals surface area contributed by atoms with Crippen LogP contribution in [-0.4, -0.2) is 17.1 Å². The minimum Gasteiger partial charge on any atom is -0.489 e. The van der Waals surface area contributed by atoms with E-state index in [1.807, 2.05) is 0 Å². The number of ether oxygens (including phenoxy) is 1. The normalized spacial score (nSPS) is 11.5. The largest absolute Gasteiger partial charge is 0.489 e. The number of carbonyl (C=O) groups is 1. The number of carbonyl (C=O) groups excluding carboxylic acids is 1. The Morgan fingerprint density at radius 1 is 1.05 bits per heavy atom. The Kier molecular flexibility index (Phi) is 8.14. The number of hydrogen-bond donors (Lipinski definition) is 2. The summed E-state index contributed by atoms with van der Waals surface area (Å²) in [6.45, 7) is 0.101. The first-order valence-corrected chi connectivity index (χ1v) is 11.8. The predicted molar refractivity (Wildman–Crippen MR) is 133 cm³/mol. The Morgan fingerprint density at radius 2 is 1.84 bits per heavy atom. The molecule has 4 rings (SSSR count). The monoisotopic (exact) mass is 528 g/mol. The molecular formula is C26H20F4N4O2S. The van der Waals surface area contributed by atoms with E-state index < -0.39 is 17.6 Å².